The molecule has 0 bridgehead atoms. The van der Waals surface area contributed by atoms with Gasteiger partial charge in [-0.25, -0.2) is 4.39 Å². The number of nitrogens with one attached hydrogen (secondary N) is 3. The quantitative estimate of drug-likeness (QED) is 0.554. The summed E-state index contributed by atoms with van der Waals surface area (Å²) in [5.74, 6) is -1.16. The van der Waals surface area contributed by atoms with Crippen LogP contribution in [0.2, 0.25) is 5.02 Å². The molecule has 0 aliphatic rings. The Hall–Kier alpha value is -3.19. The van der Waals surface area contributed by atoms with Crippen molar-refractivity contribution in [1.82, 2.24) is 20.8 Å². The van der Waals surface area contributed by atoms with E-state index < -0.39 is 11.7 Å². The van der Waals surface area contributed by atoms with Gasteiger partial charge in [0.2, 0.25) is 0 Å². The predicted molar refractivity (Wildman–Crippen MR) is 105 cm³/mol. The molecule has 0 unspecified atom stereocenters. The topological polar surface area (TPSA) is 86.9 Å². The minimum Gasteiger partial charge on any atom is -0.350 e. The molecule has 0 atom stereocenters. The molecular weight excluding hydrogens is 383 g/mol. The first-order valence-electron chi connectivity index (χ1n) is 8.57. The van der Waals surface area contributed by atoms with Gasteiger partial charge in [-0.15, -0.1) is 0 Å². The maximum atomic E-state index is 13.5. The summed E-state index contributed by atoms with van der Waals surface area (Å²) in [5.41, 5.74) is 2.44. The van der Waals surface area contributed by atoms with Gasteiger partial charge in [-0.1, -0.05) is 29.8 Å². The zero-order valence-electron chi connectivity index (χ0n) is 15.1. The molecule has 3 N–H and O–H groups in total. The van der Waals surface area contributed by atoms with Crippen molar-refractivity contribution in [3.8, 4) is 11.3 Å². The minimum absolute atomic E-state index is 0.203. The number of aromatic nitrogens is 2. The van der Waals surface area contributed by atoms with Crippen molar-refractivity contribution in [3.63, 3.8) is 0 Å². The second-order valence-electron chi connectivity index (χ2n) is 6.14. The molecule has 3 aromatic rings. The maximum absolute atomic E-state index is 13.5. The number of halogens is 2. The van der Waals surface area contributed by atoms with E-state index in [0.717, 1.165) is 5.56 Å². The van der Waals surface area contributed by atoms with E-state index in [1.54, 1.807) is 43.3 Å². The third-order valence-electron chi connectivity index (χ3n) is 4.15. The van der Waals surface area contributed by atoms with Crippen LogP contribution >= 0.6 is 11.6 Å². The van der Waals surface area contributed by atoms with Crippen LogP contribution in [0.25, 0.3) is 11.3 Å². The van der Waals surface area contributed by atoms with Crippen molar-refractivity contribution in [2.45, 2.75) is 6.92 Å². The van der Waals surface area contributed by atoms with Crippen molar-refractivity contribution >= 4 is 23.4 Å². The van der Waals surface area contributed by atoms with Crippen LogP contribution in [0.5, 0.6) is 0 Å². The molecule has 0 radical (unpaired) electrons. The van der Waals surface area contributed by atoms with Gasteiger partial charge in [-0.05, 0) is 36.8 Å². The van der Waals surface area contributed by atoms with Crippen LogP contribution in [0.4, 0.5) is 4.39 Å². The van der Waals surface area contributed by atoms with Gasteiger partial charge >= 0.3 is 0 Å². The van der Waals surface area contributed by atoms with E-state index in [9.17, 15) is 14.0 Å². The molecule has 1 heterocycles. The summed E-state index contributed by atoms with van der Waals surface area (Å²) in [7, 11) is 0. The molecule has 0 aliphatic heterocycles. The van der Waals surface area contributed by atoms with Gasteiger partial charge in [-0.3, -0.25) is 14.7 Å². The van der Waals surface area contributed by atoms with Crippen LogP contribution < -0.4 is 10.6 Å². The number of benzene rings is 2. The number of rotatable bonds is 6. The summed E-state index contributed by atoms with van der Waals surface area (Å²) >= 11 is 5.89. The molecule has 0 saturated heterocycles. The molecule has 0 spiro atoms. The van der Waals surface area contributed by atoms with Crippen LogP contribution in [0.3, 0.4) is 0 Å². The van der Waals surface area contributed by atoms with Crippen molar-refractivity contribution in [2.24, 2.45) is 0 Å². The summed E-state index contributed by atoms with van der Waals surface area (Å²) in [6.45, 7) is 2.04. The number of carbonyl (C=O) groups excluding carboxylic acids is 2. The highest BCUT2D eigenvalue weighted by Gasteiger charge is 2.15. The van der Waals surface area contributed by atoms with E-state index in [0.29, 0.717) is 21.8 Å². The van der Waals surface area contributed by atoms with E-state index in [2.05, 4.69) is 20.8 Å². The molecule has 0 saturated carbocycles. The van der Waals surface area contributed by atoms with Gasteiger partial charge in [-0.2, -0.15) is 5.10 Å². The third-order valence-corrected chi connectivity index (χ3v) is 4.40. The van der Waals surface area contributed by atoms with Gasteiger partial charge in [0.15, 0.2) is 0 Å². The number of nitrogens with zero attached hydrogens (tertiary/aromatic N) is 1. The minimum atomic E-state index is -0.435. The van der Waals surface area contributed by atoms with E-state index >= 15 is 0 Å². The van der Waals surface area contributed by atoms with Crippen molar-refractivity contribution in [3.05, 3.63) is 76.2 Å². The molecule has 0 aliphatic carbocycles. The summed E-state index contributed by atoms with van der Waals surface area (Å²) in [5, 5.41) is 12.7. The summed E-state index contributed by atoms with van der Waals surface area (Å²) in [6.07, 6.45) is 1.44. The molecule has 6 nitrogen and oxygen atoms in total. The van der Waals surface area contributed by atoms with Gasteiger partial charge in [0.1, 0.15) is 5.82 Å². The molecule has 28 heavy (non-hydrogen) atoms. The zero-order chi connectivity index (χ0) is 20.1. The van der Waals surface area contributed by atoms with Gasteiger partial charge in [0.05, 0.1) is 17.5 Å². The highest BCUT2D eigenvalue weighted by atomic mass is 35.5. The van der Waals surface area contributed by atoms with Crippen LogP contribution in [0, 0.1) is 12.7 Å². The Morgan fingerprint density at radius 3 is 2.43 bits per heavy atom. The number of hydrogen-bond acceptors (Lipinski definition) is 3. The molecule has 2 amide bonds. The van der Waals surface area contributed by atoms with Gasteiger partial charge < -0.3 is 10.6 Å². The normalized spacial score (nSPS) is 10.5. The van der Waals surface area contributed by atoms with Gasteiger partial charge in [0.25, 0.3) is 11.8 Å². The molecule has 1 aromatic heterocycles. The summed E-state index contributed by atoms with van der Waals surface area (Å²) in [6, 6.07) is 11.3. The van der Waals surface area contributed by atoms with Gasteiger partial charge in [0, 0.05) is 29.2 Å². The lowest BCUT2D eigenvalue weighted by Gasteiger charge is -2.08. The van der Waals surface area contributed by atoms with Crippen molar-refractivity contribution in [1.29, 1.82) is 0 Å². The average molecular weight is 401 g/mol. The highest BCUT2D eigenvalue weighted by Crippen LogP contribution is 2.22. The number of hydrogen-bond donors (Lipinski definition) is 3. The molecule has 144 valence electrons. The molecule has 3 rings (SSSR count). The van der Waals surface area contributed by atoms with E-state index in [4.69, 9.17) is 11.6 Å². The summed E-state index contributed by atoms with van der Waals surface area (Å²) in [4.78, 5) is 24.4. The van der Waals surface area contributed by atoms with Crippen LogP contribution in [-0.4, -0.2) is 35.1 Å². The number of H-pyrrole nitrogens is 1. The van der Waals surface area contributed by atoms with E-state index in [-0.39, 0.29) is 24.6 Å². The molecule has 8 heteroatoms. The maximum Gasteiger partial charge on any atom is 0.255 e. The highest BCUT2D eigenvalue weighted by molar-refractivity contribution is 6.30. The molecule has 2 aromatic carbocycles. The molecular formula is C20H18ClFN4O2. The number of aromatic amines is 1. The third kappa shape index (κ3) is 4.55. The summed E-state index contributed by atoms with van der Waals surface area (Å²) < 4.78 is 13.5. The fourth-order valence-corrected chi connectivity index (χ4v) is 2.70. The zero-order valence-corrected chi connectivity index (χ0v) is 15.8. The first-order chi connectivity index (χ1) is 13.5. The first-order valence-corrected chi connectivity index (χ1v) is 8.95. The Morgan fingerprint density at radius 2 is 1.75 bits per heavy atom. The fourth-order valence-electron chi connectivity index (χ4n) is 2.58. The Labute approximate surface area is 166 Å². The van der Waals surface area contributed by atoms with Crippen molar-refractivity contribution in [2.75, 3.05) is 13.1 Å². The lowest BCUT2D eigenvalue weighted by Crippen LogP contribution is -2.34. The monoisotopic (exact) mass is 400 g/mol. The largest absolute Gasteiger partial charge is 0.350 e. The predicted octanol–water partition coefficient (Wildman–Crippen LogP) is 3.34. The second-order valence-corrected chi connectivity index (χ2v) is 6.58. The Bertz CT molecular complexity index is 1000. The number of amides is 2. The van der Waals surface area contributed by atoms with Crippen molar-refractivity contribution < 1.29 is 14.0 Å². The average Bonchev–Trinajstić information content (AvgIpc) is 3.17. The number of carbonyl (C=O) groups is 2. The Kier molecular flexibility index (Phi) is 6.06. The van der Waals surface area contributed by atoms with Crippen LogP contribution in [0.1, 0.15) is 26.3 Å². The van der Waals surface area contributed by atoms with E-state index in [1.165, 1.54) is 12.3 Å². The lowest BCUT2D eigenvalue weighted by atomic mass is 10.1. The first kappa shape index (κ1) is 19.6. The Balaban J connectivity index is 1.54. The van der Waals surface area contributed by atoms with Crippen LogP contribution in [0.15, 0.2) is 48.7 Å². The number of aryl methyl sites for hydroxylation is 1. The van der Waals surface area contributed by atoms with Crippen LogP contribution in [-0.2, 0) is 0 Å². The fraction of sp³-hybridized carbons (Fsp3) is 0.150. The molecule has 0 fully saturated rings. The standard InChI is InChI=1S/C20H18ClFN4O2/c1-12-2-3-14(10-17(12)22)19(27)23-8-9-24-20(28)16-11-25-26-18(16)13-4-6-15(21)7-5-13/h2-7,10-11H,8-9H2,1H3,(H,23,27)(H,24,28)(H,25,26). The lowest BCUT2D eigenvalue weighted by molar-refractivity contribution is 0.0928. The smallest absolute Gasteiger partial charge is 0.255 e. The Morgan fingerprint density at radius 1 is 1.07 bits per heavy atom. The second kappa shape index (κ2) is 8.67. The van der Waals surface area contributed by atoms with E-state index in [1.807, 2.05) is 0 Å². The SMILES string of the molecule is Cc1ccc(C(=O)NCCNC(=O)c2cn[nH]c2-c2ccc(Cl)cc2)cc1F.